The zero-order valence-electron chi connectivity index (χ0n) is 11.2. The van der Waals surface area contributed by atoms with Gasteiger partial charge in [0.05, 0.1) is 0 Å². The minimum absolute atomic E-state index is 0.0769. The minimum Gasteiger partial charge on any atom is -0.465 e. The molecule has 0 unspecified atom stereocenters. The van der Waals surface area contributed by atoms with E-state index < -0.39 is 6.09 Å². The first-order valence-corrected chi connectivity index (χ1v) is 6.96. The SMILES string of the molecule is O=C(O)NCC1(NCc2ccccc2)CCCCC1. The lowest BCUT2D eigenvalue weighted by atomic mass is 9.81. The third-order valence-corrected chi connectivity index (χ3v) is 3.90. The topological polar surface area (TPSA) is 61.4 Å². The average molecular weight is 262 g/mol. The Morgan fingerprint density at radius 3 is 2.47 bits per heavy atom. The maximum atomic E-state index is 10.7. The van der Waals surface area contributed by atoms with Crippen molar-refractivity contribution >= 4 is 6.09 Å². The van der Waals surface area contributed by atoms with Crippen molar-refractivity contribution < 1.29 is 9.90 Å². The largest absolute Gasteiger partial charge is 0.465 e. The summed E-state index contributed by atoms with van der Waals surface area (Å²) in [6, 6.07) is 10.2. The predicted molar refractivity (Wildman–Crippen MR) is 75.1 cm³/mol. The molecule has 1 fully saturated rings. The zero-order chi connectivity index (χ0) is 13.6. The smallest absolute Gasteiger partial charge is 0.404 e. The van der Waals surface area contributed by atoms with Gasteiger partial charge >= 0.3 is 6.09 Å². The highest BCUT2D eigenvalue weighted by atomic mass is 16.4. The van der Waals surface area contributed by atoms with Crippen LogP contribution in [0.15, 0.2) is 30.3 Å². The normalized spacial score (nSPS) is 17.9. The fourth-order valence-corrected chi connectivity index (χ4v) is 2.77. The van der Waals surface area contributed by atoms with Crippen molar-refractivity contribution in [2.75, 3.05) is 6.54 Å². The van der Waals surface area contributed by atoms with Gasteiger partial charge in [-0.2, -0.15) is 0 Å². The fraction of sp³-hybridized carbons (Fsp3) is 0.533. The first-order valence-electron chi connectivity index (χ1n) is 6.96. The Morgan fingerprint density at radius 2 is 1.84 bits per heavy atom. The van der Waals surface area contributed by atoms with Crippen LogP contribution in [-0.2, 0) is 6.54 Å². The lowest BCUT2D eigenvalue weighted by molar-refractivity contribution is 0.177. The summed E-state index contributed by atoms with van der Waals surface area (Å²) in [7, 11) is 0. The van der Waals surface area contributed by atoms with Gasteiger partial charge in [0.25, 0.3) is 0 Å². The van der Waals surface area contributed by atoms with Crippen LogP contribution in [0.4, 0.5) is 4.79 Å². The van der Waals surface area contributed by atoms with Gasteiger partial charge in [-0.1, -0.05) is 49.6 Å². The van der Waals surface area contributed by atoms with E-state index in [-0.39, 0.29) is 5.54 Å². The number of nitrogens with one attached hydrogen (secondary N) is 2. The van der Waals surface area contributed by atoms with Crippen LogP contribution in [0.3, 0.4) is 0 Å². The molecule has 1 aliphatic carbocycles. The molecule has 1 aromatic carbocycles. The molecule has 1 saturated carbocycles. The highest BCUT2D eigenvalue weighted by Crippen LogP contribution is 2.28. The van der Waals surface area contributed by atoms with E-state index in [4.69, 9.17) is 5.11 Å². The molecule has 4 heteroatoms. The molecule has 3 N–H and O–H groups in total. The van der Waals surface area contributed by atoms with E-state index in [0.717, 1.165) is 19.4 Å². The van der Waals surface area contributed by atoms with Gasteiger partial charge in [0.15, 0.2) is 0 Å². The van der Waals surface area contributed by atoms with Crippen LogP contribution in [0.2, 0.25) is 0 Å². The fourth-order valence-electron chi connectivity index (χ4n) is 2.77. The number of hydrogen-bond donors (Lipinski definition) is 3. The molecule has 4 nitrogen and oxygen atoms in total. The molecule has 0 aliphatic heterocycles. The molecule has 1 aliphatic rings. The van der Waals surface area contributed by atoms with Gasteiger partial charge in [-0.15, -0.1) is 0 Å². The van der Waals surface area contributed by atoms with Gasteiger partial charge in [-0.25, -0.2) is 4.79 Å². The molecular weight excluding hydrogens is 240 g/mol. The Bertz CT molecular complexity index is 400. The highest BCUT2D eigenvalue weighted by molar-refractivity contribution is 5.64. The summed E-state index contributed by atoms with van der Waals surface area (Å²) < 4.78 is 0. The van der Waals surface area contributed by atoms with Crippen LogP contribution in [0, 0.1) is 0 Å². The molecular formula is C15H22N2O2. The molecule has 2 rings (SSSR count). The second-order valence-electron chi connectivity index (χ2n) is 5.34. The molecule has 0 bridgehead atoms. The Kier molecular flexibility index (Phi) is 4.80. The van der Waals surface area contributed by atoms with E-state index >= 15 is 0 Å². The van der Waals surface area contributed by atoms with Gasteiger partial charge in [0.1, 0.15) is 0 Å². The molecule has 0 aromatic heterocycles. The molecule has 104 valence electrons. The zero-order valence-corrected chi connectivity index (χ0v) is 11.2. The molecule has 1 aromatic rings. The second kappa shape index (κ2) is 6.57. The summed E-state index contributed by atoms with van der Waals surface area (Å²) in [5.74, 6) is 0. The maximum Gasteiger partial charge on any atom is 0.404 e. The lowest BCUT2D eigenvalue weighted by Crippen LogP contribution is -2.54. The average Bonchev–Trinajstić information content (AvgIpc) is 2.45. The van der Waals surface area contributed by atoms with Gasteiger partial charge in [0, 0.05) is 18.6 Å². The van der Waals surface area contributed by atoms with Crippen LogP contribution in [0.5, 0.6) is 0 Å². The van der Waals surface area contributed by atoms with Crippen molar-refractivity contribution in [2.24, 2.45) is 0 Å². The number of benzene rings is 1. The molecule has 0 radical (unpaired) electrons. The van der Waals surface area contributed by atoms with Gasteiger partial charge in [0.2, 0.25) is 0 Å². The van der Waals surface area contributed by atoms with E-state index in [0.29, 0.717) is 6.54 Å². The quantitative estimate of drug-likeness (QED) is 0.764. The summed E-state index contributed by atoms with van der Waals surface area (Å²) in [5.41, 5.74) is 1.16. The molecule has 0 heterocycles. The number of carboxylic acid groups (broad SMARTS) is 1. The Labute approximate surface area is 114 Å². The standard InChI is InChI=1S/C15H22N2O2/c18-14(19)16-12-15(9-5-2-6-10-15)17-11-13-7-3-1-4-8-13/h1,3-4,7-8,16-17H,2,5-6,9-12H2,(H,18,19). The van der Waals surface area contributed by atoms with Crippen molar-refractivity contribution in [2.45, 2.75) is 44.2 Å². The van der Waals surface area contributed by atoms with E-state index in [1.54, 1.807) is 0 Å². The summed E-state index contributed by atoms with van der Waals surface area (Å²) in [6.45, 7) is 1.29. The van der Waals surface area contributed by atoms with Crippen LogP contribution in [0.25, 0.3) is 0 Å². The van der Waals surface area contributed by atoms with Crippen LogP contribution >= 0.6 is 0 Å². The van der Waals surface area contributed by atoms with Crippen LogP contribution in [0.1, 0.15) is 37.7 Å². The molecule has 0 atom stereocenters. The van der Waals surface area contributed by atoms with E-state index in [9.17, 15) is 4.79 Å². The van der Waals surface area contributed by atoms with Crippen molar-refractivity contribution in [1.29, 1.82) is 0 Å². The van der Waals surface area contributed by atoms with Gasteiger partial charge in [-0.3, -0.25) is 0 Å². The molecule has 19 heavy (non-hydrogen) atoms. The van der Waals surface area contributed by atoms with E-state index in [2.05, 4.69) is 22.8 Å². The first kappa shape index (κ1) is 13.9. The highest BCUT2D eigenvalue weighted by Gasteiger charge is 2.31. The van der Waals surface area contributed by atoms with E-state index in [1.807, 2.05) is 18.2 Å². The predicted octanol–water partition coefficient (Wildman–Crippen LogP) is 2.75. The Balaban J connectivity index is 1.95. The third kappa shape index (κ3) is 4.24. The summed E-state index contributed by atoms with van der Waals surface area (Å²) >= 11 is 0. The third-order valence-electron chi connectivity index (χ3n) is 3.90. The summed E-state index contributed by atoms with van der Waals surface area (Å²) in [6.07, 6.45) is 4.74. The monoisotopic (exact) mass is 262 g/mol. The Morgan fingerprint density at radius 1 is 1.16 bits per heavy atom. The molecule has 0 spiro atoms. The Hall–Kier alpha value is -1.55. The summed E-state index contributed by atoms with van der Waals surface area (Å²) in [5, 5.41) is 14.9. The number of carbonyl (C=O) groups is 1. The van der Waals surface area contributed by atoms with Crippen molar-refractivity contribution in [1.82, 2.24) is 10.6 Å². The minimum atomic E-state index is -0.938. The van der Waals surface area contributed by atoms with Crippen LogP contribution < -0.4 is 10.6 Å². The molecule has 0 saturated heterocycles. The maximum absolute atomic E-state index is 10.7. The lowest BCUT2D eigenvalue weighted by Gasteiger charge is -2.38. The first-order chi connectivity index (χ1) is 9.20. The summed E-state index contributed by atoms with van der Waals surface area (Å²) in [4.78, 5) is 10.7. The van der Waals surface area contributed by atoms with Crippen LogP contribution in [-0.4, -0.2) is 23.3 Å². The van der Waals surface area contributed by atoms with Gasteiger partial charge < -0.3 is 15.7 Å². The number of hydrogen-bond acceptors (Lipinski definition) is 2. The van der Waals surface area contributed by atoms with Crippen molar-refractivity contribution in [3.05, 3.63) is 35.9 Å². The van der Waals surface area contributed by atoms with E-state index in [1.165, 1.54) is 24.8 Å². The molecule has 1 amide bonds. The second-order valence-corrected chi connectivity index (χ2v) is 5.34. The number of amides is 1. The van der Waals surface area contributed by atoms with Gasteiger partial charge in [-0.05, 0) is 18.4 Å². The van der Waals surface area contributed by atoms with Crippen molar-refractivity contribution in [3.8, 4) is 0 Å². The number of rotatable bonds is 5. The van der Waals surface area contributed by atoms with Crippen molar-refractivity contribution in [3.63, 3.8) is 0 Å².